The quantitative estimate of drug-likeness (QED) is 0.272. The summed E-state index contributed by atoms with van der Waals surface area (Å²) in [6, 6.07) is 0. The Bertz CT molecular complexity index is 297. The molecule has 0 rings (SSSR count). The van der Waals surface area contributed by atoms with E-state index in [0.29, 0.717) is 31.6 Å². The summed E-state index contributed by atoms with van der Waals surface area (Å²) in [4.78, 5) is 4.38. The zero-order valence-electron chi connectivity index (χ0n) is 15.6. The van der Waals surface area contributed by atoms with Crippen LogP contribution in [-0.4, -0.2) is 63.2 Å². The van der Waals surface area contributed by atoms with Crippen molar-refractivity contribution in [2.24, 2.45) is 16.8 Å². The molecule has 0 fully saturated rings. The van der Waals surface area contributed by atoms with Crippen LogP contribution in [0.4, 0.5) is 0 Å². The summed E-state index contributed by atoms with van der Waals surface area (Å²) < 4.78 is 11.0. The van der Waals surface area contributed by atoms with Gasteiger partial charge in [0.1, 0.15) is 0 Å². The van der Waals surface area contributed by atoms with Crippen LogP contribution in [0, 0.1) is 11.8 Å². The topological polar surface area (TPSA) is 75.1 Å². The second kappa shape index (κ2) is 14.7. The molecular formula is C17H37N3O3. The van der Waals surface area contributed by atoms with E-state index in [1.807, 2.05) is 6.92 Å². The number of nitrogens with one attached hydrogen (secondary N) is 2. The van der Waals surface area contributed by atoms with Gasteiger partial charge in [-0.2, -0.15) is 0 Å². The van der Waals surface area contributed by atoms with Crippen LogP contribution in [0.5, 0.6) is 0 Å². The molecule has 0 heterocycles. The molecule has 0 amide bonds. The summed E-state index contributed by atoms with van der Waals surface area (Å²) in [5.74, 6) is 1.77. The molecule has 3 N–H and O–H groups in total. The van der Waals surface area contributed by atoms with Crippen LogP contribution >= 0.6 is 0 Å². The van der Waals surface area contributed by atoms with Gasteiger partial charge >= 0.3 is 0 Å². The van der Waals surface area contributed by atoms with Crippen LogP contribution in [0.1, 0.15) is 41.0 Å². The summed E-state index contributed by atoms with van der Waals surface area (Å²) in [6.07, 6.45) is 0.357. The highest BCUT2D eigenvalue weighted by Gasteiger charge is 2.05. The Morgan fingerprint density at radius 3 is 2.26 bits per heavy atom. The monoisotopic (exact) mass is 331 g/mol. The van der Waals surface area contributed by atoms with E-state index in [1.165, 1.54) is 0 Å². The first-order valence-electron chi connectivity index (χ1n) is 8.81. The molecule has 0 radical (unpaired) electrons. The van der Waals surface area contributed by atoms with Crippen LogP contribution in [-0.2, 0) is 9.47 Å². The molecule has 23 heavy (non-hydrogen) atoms. The first-order valence-corrected chi connectivity index (χ1v) is 8.81. The molecule has 0 aromatic rings. The van der Waals surface area contributed by atoms with Crippen molar-refractivity contribution in [2.45, 2.75) is 47.1 Å². The SMILES string of the molecule is CCNC(=NCC(O)COCC(C)C)NCCCOCC(C)C. The smallest absolute Gasteiger partial charge is 0.191 e. The van der Waals surface area contributed by atoms with Gasteiger partial charge in [0, 0.05) is 32.9 Å². The maximum atomic E-state index is 9.87. The third kappa shape index (κ3) is 15.8. The van der Waals surface area contributed by atoms with Gasteiger partial charge in [-0.25, -0.2) is 0 Å². The van der Waals surface area contributed by atoms with E-state index in [9.17, 15) is 5.11 Å². The Hall–Kier alpha value is -0.850. The molecule has 0 aliphatic carbocycles. The number of aliphatic hydroxyl groups is 1. The van der Waals surface area contributed by atoms with E-state index >= 15 is 0 Å². The molecule has 0 saturated heterocycles. The zero-order valence-corrected chi connectivity index (χ0v) is 15.6. The highest BCUT2D eigenvalue weighted by Crippen LogP contribution is 1.95. The second-order valence-electron chi connectivity index (χ2n) is 6.55. The molecule has 6 heteroatoms. The normalized spacial score (nSPS) is 13.7. The lowest BCUT2D eigenvalue weighted by molar-refractivity contribution is 0.0301. The van der Waals surface area contributed by atoms with Crippen LogP contribution in [0.2, 0.25) is 0 Å². The molecule has 0 bridgehead atoms. The third-order valence-corrected chi connectivity index (χ3v) is 2.77. The van der Waals surface area contributed by atoms with Gasteiger partial charge in [-0.15, -0.1) is 0 Å². The van der Waals surface area contributed by atoms with Gasteiger partial charge in [-0.1, -0.05) is 27.7 Å². The number of guanidine groups is 1. The Morgan fingerprint density at radius 2 is 1.65 bits per heavy atom. The largest absolute Gasteiger partial charge is 0.389 e. The van der Waals surface area contributed by atoms with E-state index in [2.05, 4.69) is 43.3 Å². The first kappa shape index (κ1) is 22.1. The predicted octanol–water partition coefficient (Wildman–Crippen LogP) is 1.64. The molecular weight excluding hydrogens is 294 g/mol. The van der Waals surface area contributed by atoms with E-state index in [4.69, 9.17) is 9.47 Å². The van der Waals surface area contributed by atoms with Crippen LogP contribution in [0.15, 0.2) is 4.99 Å². The minimum absolute atomic E-state index is 0.324. The maximum Gasteiger partial charge on any atom is 0.191 e. The van der Waals surface area contributed by atoms with Crippen molar-refractivity contribution in [1.29, 1.82) is 0 Å². The van der Waals surface area contributed by atoms with E-state index in [1.54, 1.807) is 0 Å². The van der Waals surface area contributed by atoms with E-state index < -0.39 is 6.10 Å². The minimum atomic E-state index is -0.571. The molecule has 0 aliphatic heterocycles. The molecule has 0 saturated carbocycles. The Balaban J connectivity index is 3.89. The molecule has 1 atom stereocenters. The van der Waals surface area contributed by atoms with E-state index in [-0.39, 0.29) is 0 Å². The van der Waals surface area contributed by atoms with Crippen LogP contribution < -0.4 is 10.6 Å². The summed E-state index contributed by atoms with van der Waals surface area (Å²) >= 11 is 0. The van der Waals surface area contributed by atoms with Gasteiger partial charge in [0.15, 0.2) is 5.96 Å². The van der Waals surface area contributed by atoms with Crippen LogP contribution in [0.25, 0.3) is 0 Å². The number of nitrogens with zero attached hydrogens (tertiary/aromatic N) is 1. The van der Waals surface area contributed by atoms with Crippen molar-refractivity contribution in [2.75, 3.05) is 46.1 Å². The number of hydrogen-bond donors (Lipinski definition) is 3. The standard InChI is InChI=1S/C17H37N3O3/c1-6-18-17(19-8-7-9-22-11-14(2)3)20-10-16(21)13-23-12-15(4)5/h14-16,21H,6-13H2,1-5H3,(H2,18,19,20). The van der Waals surface area contributed by atoms with Gasteiger partial charge < -0.3 is 25.2 Å². The Kier molecular flexibility index (Phi) is 14.2. The number of hydrogen-bond acceptors (Lipinski definition) is 4. The lowest BCUT2D eigenvalue weighted by Gasteiger charge is -2.14. The molecule has 0 aromatic carbocycles. The number of ether oxygens (including phenoxy) is 2. The zero-order chi connectivity index (χ0) is 17.5. The maximum absolute atomic E-state index is 9.87. The highest BCUT2D eigenvalue weighted by atomic mass is 16.5. The average molecular weight is 332 g/mol. The van der Waals surface area contributed by atoms with Gasteiger partial charge in [0.2, 0.25) is 0 Å². The highest BCUT2D eigenvalue weighted by molar-refractivity contribution is 5.79. The second-order valence-corrected chi connectivity index (χ2v) is 6.55. The van der Waals surface area contributed by atoms with Crippen molar-refractivity contribution in [3.05, 3.63) is 0 Å². The summed E-state index contributed by atoms with van der Waals surface area (Å²) in [5, 5.41) is 16.3. The number of aliphatic hydroxyl groups excluding tert-OH is 1. The van der Waals surface area contributed by atoms with Crippen molar-refractivity contribution in [1.82, 2.24) is 10.6 Å². The summed E-state index contributed by atoms with van der Waals surface area (Å²) in [7, 11) is 0. The summed E-state index contributed by atoms with van der Waals surface area (Å²) in [5.41, 5.74) is 0. The van der Waals surface area contributed by atoms with Gasteiger partial charge in [-0.3, -0.25) is 4.99 Å². The average Bonchev–Trinajstić information content (AvgIpc) is 2.47. The number of rotatable bonds is 13. The number of aliphatic imine (C=N–C) groups is 1. The lowest BCUT2D eigenvalue weighted by Crippen LogP contribution is -2.39. The van der Waals surface area contributed by atoms with E-state index in [0.717, 1.165) is 38.7 Å². The van der Waals surface area contributed by atoms with Gasteiger partial charge in [-0.05, 0) is 25.2 Å². The van der Waals surface area contributed by atoms with Gasteiger partial charge in [0.25, 0.3) is 0 Å². The lowest BCUT2D eigenvalue weighted by atomic mass is 10.2. The van der Waals surface area contributed by atoms with Crippen LogP contribution in [0.3, 0.4) is 0 Å². The van der Waals surface area contributed by atoms with Crippen molar-refractivity contribution >= 4 is 5.96 Å². The third-order valence-electron chi connectivity index (χ3n) is 2.77. The molecule has 1 unspecified atom stereocenters. The molecule has 6 nitrogen and oxygen atoms in total. The fraction of sp³-hybridized carbons (Fsp3) is 0.941. The van der Waals surface area contributed by atoms with Gasteiger partial charge in [0.05, 0.1) is 19.3 Å². The molecule has 0 aliphatic rings. The fourth-order valence-corrected chi connectivity index (χ4v) is 1.73. The Labute approximate surface area is 142 Å². The first-order chi connectivity index (χ1) is 11.0. The van der Waals surface area contributed by atoms with Crippen molar-refractivity contribution < 1.29 is 14.6 Å². The summed E-state index contributed by atoms with van der Waals surface area (Å²) in [6.45, 7) is 14.9. The Morgan fingerprint density at radius 1 is 1.00 bits per heavy atom. The fourth-order valence-electron chi connectivity index (χ4n) is 1.73. The molecule has 0 spiro atoms. The van der Waals surface area contributed by atoms with Crippen molar-refractivity contribution in [3.63, 3.8) is 0 Å². The molecule has 138 valence electrons. The van der Waals surface area contributed by atoms with Crippen molar-refractivity contribution in [3.8, 4) is 0 Å². The predicted molar refractivity (Wildman–Crippen MR) is 95.9 cm³/mol. The molecule has 0 aromatic heterocycles. The minimum Gasteiger partial charge on any atom is -0.389 e.